The van der Waals surface area contributed by atoms with Crippen LogP contribution in [0.4, 0.5) is 5.69 Å². The summed E-state index contributed by atoms with van der Waals surface area (Å²) in [6, 6.07) is 3.12. The number of sulfonamides is 1. The molecule has 8 nitrogen and oxygen atoms in total. The molecular formula is C11H14ClN3O5S. The Morgan fingerprint density at radius 1 is 1.43 bits per heavy atom. The number of halogens is 1. The van der Waals surface area contributed by atoms with Gasteiger partial charge in [0, 0.05) is 31.6 Å². The minimum atomic E-state index is -4.02. The molecule has 0 bridgehead atoms. The highest BCUT2D eigenvalue weighted by atomic mass is 35.5. The fraction of sp³-hybridized carbons (Fsp3) is 0.364. The van der Waals surface area contributed by atoms with Crippen LogP contribution in [0.25, 0.3) is 0 Å². The summed E-state index contributed by atoms with van der Waals surface area (Å²) >= 11 is 5.76. The molecule has 0 spiro atoms. The summed E-state index contributed by atoms with van der Waals surface area (Å²) in [6.07, 6.45) is -0.0420. The lowest BCUT2D eigenvalue weighted by molar-refractivity contribution is -0.385. The van der Waals surface area contributed by atoms with E-state index in [2.05, 4.69) is 10.0 Å². The Balaban J connectivity index is 2.85. The first-order chi connectivity index (χ1) is 9.77. The van der Waals surface area contributed by atoms with Crippen LogP contribution in [0.3, 0.4) is 0 Å². The Labute approximate surface area is 126 Å². The summed E-state index contributed by atoms with van der Waals surface area (Å²) in [5, 5.41) is 13.0. The number of carbonyl (C=O) groups is 1. The zero-order valence-electron chi connectivity index (χ0n) is 11.1. The van der Waals surface area contributed by atoms with Gasteiger partial charge in [-0.25, -0.2) is 13.1 Å². The van der Waals surface area contributed by atoms with E-state index in [0.717, 1.165) is 18.2 Å². The van der Waals surface area contributed by atoms with Crippen LogP contribution in [-0.2, 0) is 14.8 Å². The van der Waals surface area contributed by atoms with Crippen molar-refractivity contribution in [2.45, 2.75) is 18.2 Å². The summed E-state index contributed by atoms with van der Waals surface area (Å²) in [4.78, 5) is 20.8. The van der Waals surface area contributed by atoms with Gasteiger partial charge in [-0.1, -0.05) is 11.6 Å². The first-order valence-corrected chi connectivity index (χ1v) is 7.84. The molecule has 21 heavy (non-hydrogen) atoms. The van der Waals surface area contributed by atoms with Gasteiger partial charge in [-0.05, 0) is 13.0 Å². The van der Waals surface area contributed by atoms with Gasteiger partial charge < -0.3 is 5.32 Å². The summed E-state index contributed by atoms with van der Waals surface area (Å²) in [5.74, 6) is -0.301. The lowest BCUT2D eigenvalue weighted by Gasteiger charge is -2.08. The van der Waals surface area contributed by atoms with E-state index in [-0.39, 0.29) is 29.6 Å². The molecule has 0 saturated heterocycles. The SMILES string of the molecule is CCNC(=O)CCNS(=O)(=O)c1cc([N+](=O)[O-])ccc1Cl. The lowest BCUT2D eigenvalue weighted by Crippen LogP contribution is -2.30. The van der Waals surface area contributed by atoms with Gasteiger partial charge in [-0.3, -0.25) is 14.9 Å². The van der Waals surface area contributed by atoms with Gasteiger partial charge in [0.05, 0.1) is 9.95 Å². The third-order valence-corrected chi connectivity index (χ3v) is 4.38. The van der Waals surface area contributed by atoms with Crippen LogP contribution < -0.4 is 10.0 Å². The molecule has 0 fully saturated rings. The van der Waals surface area contributed by atoms with Gasteiger partial charge >= 0.3 is 0 Å². The number of rotatable bonds is 7. The van der Waals surface area contributed by atoms with E-state index in [1.54, 1.807) is 6.92 Å². The third-order valence-electron chi connectivity index (χ3n) is 2.43. The number of benzene rings is 1. The van der Waals surface area contributed by atoms with Gasteiger partial charge in [-0.15, -0.1) is 0 Å². The van der Waals surface area contributed by atoms with E-state index in [1.165, 1.54) is 0 Å². The van der Waals surface area contributed by atoms with Gasteiger partial charge in [-0.2, -0.15) is 0 Å². The van der Waals surface area contributed by atoms with E-state index in [1.807, 2.05) is 0 Å². The van der Waals surface area contributed by atoms with Gasteiger partial charge in [0.25, 0.3) is 5.69 Å². The molecule has 0 atom stereocenters. The Bertz CT molecular complexity index is 647. The number of carbonyl (C=O) groups excluding carboxylic acids is 1. The second-order valence-corrected chi connectivity index (χ2v) is 6.12. The Kier molecular flexibility index (Phi) is 6.06. The predicted octanol–water partition coefficient (Wildman–Crippen LogP) is 1.05. The second kappa shape index (κ2) is 7.34. The molecule has 0 heterocycles. The molecule has 0 saturated carbocycles. The van der Waals surface area contributed by atoms with Crippen molar-refractivity contribution < 1.29 is 18.1 Å². The van der Waals surface area contributed by atoms with Crippen LogP contribution in [0.2, 0.25) is 5.02 Å². The topological polar surface area (TPSA) is 118 Å². The third kappa shape index (κ3) is 4.96. The largest absolute Gasteiger partial charge is 0.356 e. The highest BCUT2D eigenvalue weighted by Gasteiger charge is 2.21. The standard InChI is InChI=1S/C11H14ClN3O5S/c1-2-13-11(16)5-6-14-21(19,20)10-7-8(15(17)18)3-4-9(10)12/h3-4,7,14H,2,5-6H2,1H3,(H,13,16). The van der Waals surface area contributed by atoms with E-state index < -0.39 is 19.8 Å². The van der Waals surface area contributed by atoms with Crippen LogP contribution >= 0.6 is 11.6 Å². The maximum Gasteiger partial charge on any atom is 0.270 e. The van der Waals surface area contributed by atoms with Crippen molar-refractivity contribution in [3.63, 3.8) is 0 Å². The number of hydrogen-bond acceptors (Lipinski definition) is 5. The van der Waals surface area contributed by atoms with E-state index in [0.29, 0.717) is 6.54 Å². The molecule has 10 heteroatoms. The average Bonchev–Trinajstić information content (AvgIpc) is 2.38. The van der Waals surface area contributed by atoms with Crippen LogP contribution in [-0.4, -0.2) is 32.3 Å². The summed E-state index contributed by atoms with van der Waals surface area (Å²) in [5.41, 5.74) is -0.386. The molecule has 0 aliphatic heterocycles. The predicted molar refractivity (Wildman–Crippen MR) is 76.6 cm³/mol. The number of nitro groups is 1. The highest BCUT2D eigenvalue weighted by Crippen LogP contribution is 2.25. The minimum absolute atomic E-state index is 0.0420. The molecular weight excluding hydrogens is 322 g/mol. The Morgan fingerprint density at radius 2 is 2.10 bits per heavy atom. The van der Waals surface area contributed by atoms with E-state index in [9.17, 15) is 23.3 Å². The molecule has 1 aromatic rings. The molecule has 1 rings (SSSR count). The molecule has 1 amide bonds. The molecule has 0 aliphatic carbocycles. The number of nitro benzene ring substituents is 1. The van der Waals surface area contributed by atoms with Crippen LogP contribution in [0.15, 0.2) is 23.1 Å². The first-order valence-electron chi connectivity index (χ1n) is 5.98. The fourth-order valence-corrected chi connectivity index (χ4v) is 3.02. The van der Waals surface area contributed by atoms with Crippen LogP contribution in [0, 0.1) is 10.1 Å². The number of amides is 1. The quantitative estimate of drug-likeness (QED) is 0.570. The number of non-ortho nitro benzene ring substituents is 1. The Morgan fingerprint density at radius 3 is 2.67 bits per heavy atom. The molecule has 0 aliphatic rings. The van der Waals surface area contributed by atoms with Gasteiger partial charge in [0.1, 0.15) is 4.90 Å². The molecule has 116 valence electrons. The minimum Gasteiger partial charge on any atom is -0.356 e. The second-order valence-electron chi connectivity index (χ2n) is 3.97. The summed E-state index contributed by atoms with van der Waals surface area (Å²) < 4.78 is 26.2. The van der Waals surface area contributed by atoms with Gasteiger partial charge in [0.15, 0.2) is 0 Å². The molecule has 0 aromatic heterocycles. The van der Waals surface area contributed by atoms with Crippen molar-refractivity contribution in [3.05, 3.63) is 33.3 Å². The number of hydrogen-bond donors (Lipinski definition) is 2. The molecule has 0 unspecified atom stereocenters. The normalized spacial score (nSPS) is 11.1. The number of nitrogens with one attached hydrogen (secondary N) is 2. The highest BCUT2D eigenvalue weighted by molar-refractivity contribution is 7.89. The monoisotopic (exact) mass is 335 g/mol. The molecule has 2 N–H and O–H groups in total. The Hall–Kier alpha value is -1.71. The van der Waals surface area contributed by atoms with E-state index >= 15 is 0 Å². The fourth-order valence-electron chi connectivity index (χ4n) is 1.47. The number of nitrogens with zero attached hydrogens (tertiary/aromatic N) is 1. The van der Waals surface area contributed by atoms with Crippen LogP contribution in [0.5, 0.6) is 0 Å². The maximum absolute atomic E-state index is 12.0. The first kappa shape index (κ1) is 17.3. The maximum atomic E-state index is 12.0. The summed E-state index contributed by atoms with van der Waals surface area (Å²) in [7, 11) is -4.02. The zero-order valence-corrected chi connectivity index (χ0v) is 12.7. The van der Waals surface area contributed by atoms with Crippen molar-refractivity contribution in [1.29, 1.82) is 0 Å². The molecule has 0 radical (unpaired) electrons. The van der Waals surface area contributed by atoms with Crippen LogP contribution in [0.1, 0.15) is 13.3 Å². The van der Waals surface area contributed by atoms with Crippen molar-refractivity contribution in [3.8, 4) is 0 Å². The van der Waals surface area contributed by atoms with Crippen molar-refractivity contribution in [2.75, 3.05) is 13.1 Å². The average molecular weight is 336 g/mol. The van der Waals surface area contributed by atoms with Gasteiger partial charge in [0.2, 0.25) is 15.9 Å². The lowest BCUT2D eigenvalue weighted by atomic mass is 10.3. The van der Waals surface area contributed by atoms with Crippen molar-refractivity contribution in [1.82, 2.24) is 10.0 Å². The van der Waals surface area contributed by atoms with E-state index in [4.69, 9.17) is 11.6 Å². The zero-order chi connectivity index (χ0) is 16.0. The molecule has 1 aromatic carbocycles. The van der Waals surface area contributed by atoms with Crippen molar-refractivity contribution in [2.24, 2.45) is 0 Å². The summed E-state index contributed by atoms with van der Waals surface area (Å²) in [6.45, 7) is 2.06. The smallest absolute Gasteiger partial charge is 0.270 e. The van der Waals surface area contributed by atoms with Crippen molar-refractivity contribution >= 4 is 33.2 Å².